The number of methoxy groups -OCH3 is 1. The van der Waals surface area contributed by atoms with Gasteiger partial charge in [0.05, 0.1) is 24.9 Å². The molecule has 0 heterocycles. The lowest BCUT2D eigenvalue weighted by molar-refractivity contribution is -0.420. The third kappa shape index (κ3) is 5.90. The molecule has 0 amide bonds. The summed E-state index contributed by atoms with van der Waals surface area (Å²) in [5.74, 6) is 0.728. The Kier molecular flexibility index (Phi) is 6.99. The Morgan fingerprint density at radius 1 is 1.15 bits per heavy atom. The van der Waals surface area contributed by atoms with Gasteiger partial charge in [0.15, 0.2) is 0 Å². The van der Waals surface area contributed by atoms with E-state index in [0.717, 1.165) is 24.2 Å². The molecule has 1 aromatic rings. The van der Waals surface area contributed by atoms with Gasteiger partial charge in [-0.05, 0) is 33.3 Å². The molecule has 0 bridgehead atoms. The second-order valence-corrected chi connectivity index (χ2v) is 5.59. The average Bonchev–Trinajstić information content (AvgIpc) is 2.41. The first-order valence-electron chi connectivity index (χ1n) is 7.07. The van der Waals surface area contributed by atoms with Crippen molar-refractivity contribution in [2.24, 2.45) is 0 Å². The minimum absolute atomic E-state index is 0.394. The van der Waals surface area contributed by atoms with E-state index in [-0.39, 0.29) is 0 Å². The molecule has 4 nitrogen and oxygen atoms in total. The summed E-state index contributed by atoms with van der Waals surface area (Å²) in [5, 5.41) is 0. The van der Waals surface area contributed by atoms with E-state index in [2.05, 4.69) is 6.92 Å². The van der Waals surface area contributed by atoms with E-state index >= 15 is 0 Å². The summed E-state index contributed by atoms with van der Waals surface area (Å²) in [7, 11) is 1.63. The number of rotatable bonds is 8. The molecule has 1 rings (SSSR count). The molecule has 4 heteroatoms. The predicted molar refractivity (Wildman–Crippen MR) is 78.5 cm³/mol. The summed E-state index contributed by atoms with van der Waals surface area (Å²) in [4.78, 5) is 10.9. The van der Waals surface area contributed by atoms with E-state index in [9.17, 15) is 0 Å². The fourth-order valence-electron chi connectivity index (χ4n) is 1.55. The largest absolute Gasteiger partial charge is 0.496 e. The molecule has 0 radical (unpaired) electrons. The van der Waals surface area contributed by atoms with Crippen molar-refractivity contribution in [3.63, 3.8) is 0 Å². The highest BCUT2D eigenvalue weighted by atomic mass is 17.2. The molecule has 0 fully saturated rings. The highest BCUT2D eigenvalue weighted by molar-refractivity contribution is 5.34. The first-order chi connectivity index (χ1) is 9.48. The van der Waals surface area contributed by atoms with Gasteiger partial charge in [-0.3, -0.25) is 0 Å². The number of benzene rings is 1. The van der Waals surface area contributed by atoms with Crippen LogP contribution in [-0.2, 0) is 14.5 Å². The maximum atomic E-state index is 5.78. The molecule has 0 spiro atoms. The standard InChI is InChI=1S/C16H26O4/c1-6-7-12-18-15(19-20-16(2,3)4)13-10-8-9-11-14(13)17-5/h8-11,15H,6-7,12H2,1-5H3. The van der Waals surface area contributed by atoms with E-state index in [0.29, 0.717) is 6.61 Å². The Hall–Kier alpha value is -1.10. The van der Waals surface area contributed by atoms with Crippen LogP contribution in [0, 0.1) is 0 Å². The van der Waals surface area contributed by atoms with Crippen LogP contribution < -0.4 is 4.74 Å². The molecular formula is C16H26O4. The Labute approximate surface area is 121 Å². The summed E-state index contributed by atoms with van der Waals surface area (Å²) in [6.07, 6.45) is 1.46. The van der Waals surface area contributed by atoms with Crippen molar-refractivity contribution in [1.29, 1.82) is 0 Å². The zero-order chi connectivity index (χ0) is 15.0. The zero-order valence-electron chi connectivity index (χ0n) is 13.1. The number of para-hydroxylation sites is 1. The molecule has 20 heavy (non-hydrogen) atoms. The summed E-state index contributed by atoms with van der Waals surface area (Å²) < 4.78 is 11.1. The minimum atomic E-state index is -0.586. The van der Waals surface area contributed by atoms with Gasteiger partial charge in [-0.2, -0.15) is 4.89 Å². The molecule has 0 aliphatic heterocycles. The van der Waals surface area contributed by atoms with Crippen LogP contribution in [0.1, 0.15) is 52.4 Å². The summed E-state index contributed by atoms with van der Waals surface area (Å²) >= 11 is 0. The zero-order valence-corrected chi connectivity index (χ0v) is 13.1. The van der Waals surface area contributed by atoms with Crippen molar-refractivity contribution in [3.05, 3.63) is 29.8 Å². The number of ether oxygens (including phenoxy) is 2. The monoisotopic (exact) mass is 282 g/mol. The van der Waals surface area contributed by atoms with Crippen LogP contribution in [0.2, 0.25) is 0 Å². The Morgan fingerprint density at radius 2 is 1.85 bits per heavy atom. The second kappa shape index (κ2) is 8.25. The third-order valence-electron chi connectivity index (χ3n) is 2.55. The molecule has 0 saturated carbocycles. The van der Waals surface area contributed by atoms with E-state index < -0.39 is 11.9 Å². The van der Waals surface area contributed by atoms with Crippen LogP contribution >= 0.6 is 0 Å². The van der Waals surface area contributed by atoms with Gasteiger partial charge in [-0.15, -0.1) is 0 Å². The Bertz CT molecular complexity index is 384. The van der Waals surface area contributed by atoms with Crippen molar-refractivity contribution >= 4 is 0 Å². The first kappa shape index (κ1) is 17.0. The Balaban J connectivity index is 2.79. The predicted octanol–water partition coefficient (Wildman–Crippen LogP) is 4.26. The van der Waals surface area contributed by atoms with E-state index in [1.165, 1.54) is 0 Å². The lowest BCUT2D eigenvalue weighted by atomic mass is 10.2. The molecule has 1 unspecified atom stereocenters. The molecule has 0 aliphatic carbocycles. The fraction of sp³-hybridized carbons (Fsp3) is 0.625. The fourth-order valence-corrected chi connectivity index (χ4v) is 1.55. The summed E-state index contributed by atoms with van der Waals surface area (Å²) in [6, 6.07) is 7.64. The van der Waals surface area contributed by atoms with E-state index in [1.54, 1.807) is 7.11 Å². The normalized spacial score (nSPS) is 13.2. The van der Waals surface area contributed by atoms with Gasteiger partial charge >= 0.3 is 0 Å². The van der Waals surface area contributed by atoms with Crippen molar-refractivity contribution in [1.82, 2.24) is 0 Å². The first-order valence-corrected chi connectivity index (χ1v) is 7.07. The van der Waals surface area contributed by atoms with Gasteiger partial charge in [0.25, 0.3) is 0 Å². The smallest absolute Gasteiger partial charge is 0.221 e. The quantitative estimate of drug-likeness (QED) is 0.309. The third-order valence-corrected chi connectivity index (χ3v) is 2.55. The maximum Gasteiger partial charge on any atom is 0.221 e. The van der Waals surface area contributed by atoms with Crippen molar-refractivity contribution < 1.29 is 19.2 Å². The lowest BCUT2D eigenvalue weighted by Gasteiger charge is -2.24. The molecule has 114 valence electrons. The molecular weight excluding hydrogens is 256 g/mol. The lowest BCUT2D eigenvalue weighted by Crippen LogP contribution is -2.22. The van der Waals surface area contributed by atoms with Crippen molar-refractivity contribution in [2.45, 2.75) is 52.4 Å². The highest BCUT2D eigenvalue weighted by Crippen LogP contribution is 2.30. The summed E-state index contributed by atoms with van der Waals surface area (Å²) in [6.45, 7) is 8.52. The van der Waals surface area contributed by atoms with Crippen LogP contribution in [0.25, 0.3) is 0 Å². The molecule has 0 aromatic heterocycles. The van der Waals surface area contributed by atoms with Crippen molar-refractivity contribution in [3.8, 4) is 5.75 Å². The van der Waals surface area contributed by atoms with E-state index in [4.69, 9.17) is 19.2 Å². The minimum Gasteiger partial charge on any atom is -0.496 e. The van der Waals surface area contributed by atoms with Crippen LogP contribution in [0.15, 0.2) is 24.3 Å². The van der Waals surface area contributed by atoms with Crippen molar-refractivity contribution in [2.75, 3.05) is 13.7 Å². The number of hydrogen-bond donors (Lipinski definition) is 0. The molecule has 1 aromatic carbocycles. The molecule has 0 aliphatic rings. The van der Waals surface area contributed by atoms with E-state index in [1.807, 2.05) is 45.0 Å². The SMILES string of the molecule is CCCCOC(OOC(C)(C)C)c1ccccc1OC. The topological polar surface area (TPSA) is 36.9 Å². The van der Waals surface area contributed by atoms with Crippen LogP contribution in [-0.4, -0.2) is 19.3 Å². The van der Waals surface area contributed by atoms with Gasteiger partial charge in [0.2, 0.25) is 6.29 Å². The average molecular weight is 282 g/mol. The number of hydrogen-bond acceptors (Lipinski definition) is 4. The Morgan fingerprint density at radius 3 is 2.45 bits per heavy atom. The summed E-state index contributed by atoms with van der Waals surface area (Å²) in [5.41, 5.74) is 0.435. The van der Waals surface area contributed by atoms with Gasteiger partial charge in [-0.25, -0.2) is 4.89 Å². The molecule has 1 atom stereocenters. The molecule has 0 saturated heterocycles. The van der Waals surface area contributed by atoms with Crippen LogP contribution in [0.5, 0.6) is 5.75 Å². The molecule has 0 N–H and O–H groups in total. The van der Waals surface area contributed by atoms with Gasteiger partial charge < -0.3 is 9.47 Å². The van der Waals surface area contributed by atoms with Gasteiger partial charge in [0.1, 0.15) is 5.75 Å². The maximum absolute atomic E-state index is 5.78. The number of unbranched alkanes of at least 4 members (excludes halogenated alkanes) is 1. The van der Waals surface area contributed by atoms with Crippen LogP contribution in [0.3, 0.4) is 0 Å². The van der Waals surface area contributed by atoms with Gasteiger partial charge in [0, 0.05) is 0 Å². The van der Waals surface area contributed by atoms with Crippen LogP contribution in [0.4, 0.5) is 0 Å². The van der Waals surface area contributed by atoms with Gasteiger partial charge in [-0.1, -0.05) is 31.5 Å². The second-order valence-electron chi connectivity index (χ2n) is 5.59. The highest BCUT2D eigenvalue weighted by Gasteiger charge is 2.21.